The summed E-state index contributed by atoms with van der Waals surface area (Å²) in [5, 5.41) is 12.2. The molecule has 0 bridgehead atoms. The van der Waals surface area contributed by atoms with Crippen molar-refractivity contribution in [3.05, 3.63) is 29.8 Å². The Morgan fingerprint density at radius 3 is 2.34 bits per heavy atom. The van der Waals surface area contributed by atoms with Gasteiger partial charge in [-0.05, 0) is 82.4 Å². The molecule has 2 saturated heterocycles. The summed E-state index contributed by atoms with van der Waals surface area (Å²) in [6.07, 6.45) is 3.75. The molecule has 2 heterocycles. The van der Waals surface area contributed by atoms with Crippen LogP contribution in [0.25, 0.3) is 0 Å². The number of carbonyl (C=O) groups is 3. The number of hydrogen-bond acceptors (Lipinski definition) is 6. The maximum absolute atomic E-state index is 13.4. The molecule has 3 atom stereocenters. The number of urea groups is 1. The number of likely N-dealkylation sites (tertiary alicyclic amines) is 2. The van der Waals surface area contributed by atoms with Gasteiger partial charge in [0.05, 0.1) is 12.7 Å². The van der Waals surface area contributed by atoms with Crippen LogP contribution in [0.5, 0.6) is 5.75 Å². The molecule has 0 radical (unpaired) electrons. The van der Waals surface area contributed by atoms with Gasteiger partial charge in [-0.15, -0.1) is 0 Å². The predicted molar refractivity (Wildman–Crippen MR) is 169 cm³/mol. The fourth-order valence-corrected chi connectivity index (χ4v) is 5.54. The zero-order valence-corrected chi connectivity index (χ0v) is 27.2. The number of hydrogen-bond donors (Lipinski definition) is 2. The van der Waals surface area contributed by atoms with E-state index in [0.29, 0.717) is 50.3 Å². The standard InChI is InChI=1S/C33H50N6O5/c1-22(2)29(35)37-31(41)38-17-13-25(14-18-38)23(3)15-19-43-27-11-9-24(10-12-27)20-28(36-32(42)44-33(4,5)6)30(40)39-16-7-8-26(39)21-34/h9-12,22-23,25-26,28H,7-8,13-20H2,1-6H3,(H,36,42)(H2,35,37,41)/t23-,26+,28+/m1/s1. The summed E-state index contributed by atoms with van der Waals surface area (Å²) in [5.41, 5.74) is 6.01. The van der Waals surface area contributed by atoms with Gasteiger partial charge in [0.15, 0.2) is 0 Å². The SMILES string of the molecule is CC(C)C(N)=NC(=O)N1CCC([C@H](C)CCOc2ccc(C[C@H](NC(=O)OC(C)(C)C)C(=O)N3CCC[C@H]3C#N)cc2)CC1. The monoisotopic (exact) mass is 610 g/mol. The number of amides is 4. The second kappa shape index (κ2) is 15.8. The normalized spacial score (nSPS) is 19.3. The van der Waals surface area contributed by atoms with Gasteiger partial charge in [-0.3, -0.25) is 4.79 Å². The number of nitrogens with zero attached hydrogens (tertiary/aromatic N) is 4. The van der Waals surface area contributed by atoms with Crippen LogP contribution >= 0.6 is 0 Å². The maximum Gasteiger partial charge on any atom is 0.408 e. The minimum atomic E-state index is -0.854. The summed E-state index contributed by atoms with van der Waals surface area (Å²) in [7, 11) is 0. The molecule has 0 aliphatic carbocycles. The predicted octanol–water partition coefficient (Wildman–Crippen LogP) is 4.89. The van der Waals surface area contributed by atoms with Crippen molar-refractivity contribution in [2.24, 2.45) is 28.5 Å². The van der Waals surface area contributed by atoms with Crippen molar-refractivity contribution in [3.63, 3.8) is 0 Å². The van der Waals surface area contributed by atoms with E-state index in [4.69, 9.17) is 15.2 Å². The molecule has 11 heteroatoms. The molecule has 11 nitrogen and oxygen atoms in total. The summed E-state index contributed by atoms with van der Waals surface area (Å²) < 4.78 is 11.4. The van der Waals surface area contributed by atoms with Crippen molar-refractivity contribution in [2.45, 2.75) is 97.8 Å². The van der Waals surface area contributed by atoms with Gasteiger partial charge in [-0.2, -0.15) is 10.3 Å². The molecule has 2 aliphatic heterocycles. The van der Waals surface area contributed by atoms with Crippen molar-refractivity contribution in [2.75, 3.05) is 26.2 Å². The zero-order valence-electron chi connectivity index (χ0n) is 27.2. The number of nitrogens with two attached hydrogens (primary N) is 1. The molecule has 2 aliphatic rings. The highest BCUT2D eigenvalue weighted by atomic mass is 16.6. The van der Waals surface area contributed by atoms with Crippen molar-refractivity contribution in [1.82, 2.24) is 15.1 Å². The Morgan fingerprint density at radius 1 is 1.09 bits per heavy atom. The molecule has 0 spiro atoms. The van der Waals surface area contributed by atoms with Crippen molar-refractivity contribution in [1.29, 1.82) is 5.26 Å². The minimum Gasteiger partial charge on any atom is -0.494 e. The van der Waals surface area contributed by atoms with Crippen LogP contribution in [-0.2, 0) is 16.0 Å². The Balaban J connectivity index is 1.50. The van der Waals surface area contributed by atoms with Crippen LogP contribution in [0.4, 0.5) is 9.59 Å². The van der Waals surface area contributed by atoms with Gasteiger partial charge in [0.2, 0.25) is 5.91 Å². The van der Waals surface area contributed by atoms with E-state index >= 15 is 0 Å². The molecule has 2 fully saturated rings. The first-order chi connectivity index (χ1) is 20.8. The Morgan fingerprint density at radius 2 is 1.75 bits per heavy atom. The zero-order chi connectivity index (χ0) is 32.4. The molecule has 242 valence electrons. The number of carbonyl (C=O) groups excluding carboxylic acids is 3. The lowest BCUT2D eigenvalue weighted by molar-refractivity contribution is -0.133. The number of amidine groups is 1. The fourth-order valence-electron chi connectivity index (χ4n) is 5.54. The third-order valence-electron chi connectivity index (χ3n) is 8.31. The molecule has 1 aromatic rings. The largest absolute Gasteiger partial charge is 0.494 e. The Bertz CT molecular complexity index is 1190. The van der Waals surface area contributed by atoms with E-state index in [1.165, 1.54) is 0 Å². The second-order valence-electron chi connectivity index (χ2n) is 13.3. The van der Waals surface area contributed by atoms with E-state index in [9.17, 15) is 19.6 Å². The van der Waals surface area contributed by atoms with Crippen LogP contribution in [0.3, 0.4) is 0 Å². The molecule has 0 unspecified atom stereocenters. The second-order valence-corrected chi connectivity index (χ2v) is 13.3. The first-order valence-electron chi connectivity index (χ1n) is 15.8. The van der Waals surface area contributed by atoms with E-state index < -0.39 is 23.8 Å². The Hall–Kier alpha value is -3.81. The van der Waals surface area contributed by atoms with Gasteiger partial charge in [0, 0.05) is 32.0 Å². The van der Waals surface area contributed by atoms with E-state index in [-0.39, 0.29) is 24.3 Å². The molecule has 0 aromatic heterocycles. The maximum atomic E-state index is 13.4. The number of nitriles is 1. The van der Waals surface area contributed by atoms with E-state index in [1.54, 1.807) is 30.6 Å². The quantitative estimate of drug-likeness (QED) is 0.283. The van der Waals surface area contributed by atoms with E-state index in [0.717, 1.165) is 37.0 Å². The van der Waals surface area contributed by atoms with Crippen LogP contribution in [0.1, 0.15) is 79.2 Å². The molecule has 0 saturated carbocycles. The lowest BCUT2D eigenvalue weighted by Gasteiger charge is -2.34. The number of benzene rings is 1. The van der Waals surface area contributed by atoms with Crippen LogP contribution < -0.4 is 15.8 Å². The third kappa shape index (κ3) is 10.4. The number of piperidine rings is 1. The topological polar surface area (TPSA) is 150 Å². The van der Waals surface area contributed by atoms with E-state index in [1.807, 2.05) is 38.1 Å². The molecular formula is C33H50N6O5. The summed E-state index contributed by atoms with van der Waals surface area (Å²) in [6.45, 7) is 13.8. The van der Waals surface area contributed by atoms with Gasteiger partial charge >= 0.3 is 12.1 Å². The lowest BCUT2D eigenvalue weighted by Crippen LogP contribution is -2.51. The van der Waals surface area contributed by atoms with Gasteiger partial charge < -0.3 is 30.3 Å². The summed E-state index contributed by atoms with van der Waals surface area (Å²) in [4.78, 5) is 45.7. The first kappa shape index (κ1) is 34.7. The summed E-state index contributed by atoms with van der Waals surface area (Å²) in [5.74, 6) is 1.83. The summed E-state index contributed by atoms with van der Waals surface area (Å²) >= 11 is 0. The van der Waals surface area contributed by atoms with Gasteiger partial charge in [-0.1, -0.05) is 32.9 Å². The van der Waals surface area contributed by atoms with Gasteiger partial charge in [0.1, 0.15) is 29.3 Å². The number of ether oxygens (including phenoxy) is 2. The molecule has 4 amide bonds. The van der Waals surface area contributed by atoms with Gasteiger partial charge in [0.25, 0.3) is 0 Å². The highest BCUT2D eigenvalue weighted by Gasteiger charge is 2.35. The number of rotatable bonds is 10. The minimum absolute atomic E-state index is 0.0491. The average molecular weight is 611 g/mol. The van der Waals surface area contributed by atoms with Crippen LogP contribution in [-0.4, -0.2) is 77.6 Å². The average Bonchev–Trinajstić information content (AvgIpc) is 3.45. The third-order valence-corrected chi connectivity index (χ3v) is 8.31. The fraction of sp³-hybridized carbons (Fsp3) is 0.667. The van der Waals surface area contributed by atoms with Crippen molar-refractivity contribution >= 4 is 23.9 Å². The Kier molecular flexibility index (Phi) is 12.4. The summed E-state index contributed by atoms with van der Waals surface area (Å²) in [6, 6.07) is 8.14. The number of alkyl carbamates (subject to hydrolysis) is 1. The lowest BCUT2D eigenvalue weighted by atomic mass is 9.84. The molecule has 3 rings (SSSR count). The Labute approximate surface area is 262 Å². The van der Waals surface area contributed by atoms with Crippen LogP contribution in [0, 0.1) is 29.1 Å². The molecule has 1 aromatic carbocycles. The van der Waals surface area contributed by atoms with Crippen molar-refractivity contribution < 1.29 is 23.9 Å². The molecule has 3 N–H and O–H groups in total. The molecule has 44 heavy (non-hydrogen) atoms. The highest BCUT2D eigenvalue weighted by molar-refractivity contribution is 5.93. The van der Waals surface area contributed by atoms with Gasteiger partial charge in [-0.25, -0.2) is 9.59 Å². The molecular weight excluding hydrogens is 560 g/mol. The van der Waals surface area contributed by atoms with E-state index in [2.05, 4.69) is 23.3 Å². The van der Waals surface area contributed by atoms with Crippen molar-refractivity contribution in [3.8, 4) is 11.8 Å². The van der Waals surface area contributed by atoms with Crippen LogP contribution in [0.15, 0.2) is 29.3 Å². The number of aliphatic imine (C=N–C) groups is 1. The highest BCUT2D eigenvalue weighted by Crippen LogP contribution is 2.28. The first-order valence-corrected chi connectivity index (χ1v) is 15.8. The smallest absolute Gasteiger partial charge is 0.408 e. The number of nitrogens with one attached hydrogen (secondary N) is 1. The van der Waals surface area contributed by atoms with Crippen LogP contribution in [0.2, 0.25) is 0 Å².